The average Bonchev–Trinajstić information content (AvgIpc) is 2.39. The Bertz CT molecular complexity index is 461. The van der Waals surface area contributed by atoms with Crippen LogP contribution in [0.4, 0.5) is 0 Å². The summed E-state index contributed by atoms with van der Waals surface area (Å²) in [5.41, 5.74) is 0.899. The van der Waals surface area contributed by atoms with Gasteiger partial charge in [-0.3, -0.25) is 4.98 Å². The minimum absolute atomic E-state index is 0.189. The fourth-order valence-corrected chi connectivity index (χ4v) is 2.90. The van der Waals surface area contributed by atoms with Crippen molar-refractivity contribution in [2.75, 3.05) is 18.8 Å². The zero-order chi connectivity index (χ0) is 14.8. The van der Waals surface area contributed by atoms with E-state index in [0.717, 1.165) is 18.7 Å². The zero-order valence-corrected chi connectivity index (χ0v) is 13.1. The summed E-state index contributed by atoms with van der Waals surface area (Å²) in [5, 5.41) is 3.27. The van der Waals surface area contributed by atoms with Gasteiger partial charge >= 0.3 is 0 Å². The second-order valence-electron chi connectivity index (χ2n) is 5.10. The molecule has 0 atom stereocenters. The van der Waals surface area contributed by atoms with Crippen molar-refractivity contribution in [3.63, 3.8) is 0 Å². The van der Waals surface area contributed by atoms with E-state index in [9.17, 15) is 8.42 Å². The SMILES string of the molecule is CC(C)NCCCCS(=O)(=O)NCCc1ccccn1. The van der Waals surface area contributed by atoms with Gasteiger partial charge in [-0.15, -0.1) is 0 Å². The van der Waals surface area contributed by atoms with Crippen LogP contribution in [0.15, 0.2) is 24.4 Å². The van der Waals surface area contributed by atoms with Crippen LogP contribution >= 0.6 is 0 Å². The maximum Gasteiger partial charge on any atom is 0.211 e. The quantitative estimate of drug-likeness (QED) is 0.639. The maximum absolute atomic E-state index is 11.8. The van der Waals surface area contributed by atoms with Crippen molar-refractivity contribution >= 4 is 10.0 Å². The van der Waals surface area contributed by atoms with Crippen molar-refractivity contribution in [2.24, 2.45) is 0 Å². The Morgan fingerprint density at radius 3 is 2.65 bits per heavy atom. The predicted octanol–water partition coefficient (Wildman–Crippen LogP) is 1.32. The highest BCUT2D eigenvalue weighted by atomic mass is 32.2. The first-order valence-corrected chi connectivity index (χ1v) is 8.75. The molecule has 0 fully saturated rings. The van der Waals surface area contributed by atoms with Crippen LogP contribution in [0.3, 0.4) is 0 Å². The predicted molar refractivity (Wildman–Crippen MR) is 82.1 cm³/mol. The smallest absolute Gasteiger partial charge is 0.211 e. The van der Waals surface area contributed by atoms with Gasteiger partial charge in [-0.1, -0.05) is 19.9 Å². The van der Waals surface area contributed by atoms with Crippen molar-refractivity contribution in [1.29, 1.82) is 0 Å². The molecule has 1 heterocycles. The molecule has 2 N–H and O–H groups in total. The molecule has 0 radical (unpaired) electrons. The van der Waals surface area contributed by atoms with Gasteiger partial charge in [0.15, 0.2) is 0 Å². The van der Waals surface area contributed by atoms with Gasteiger partial charge in [0.2, 0.25) is 10.0 Å². The number of nitrogens with one attached hydrogen (secondary N) is 2. The molecule has 0 aliphatic carbocycles. The molecule has 0 unspecified atom stereocenters. The van der Waals surface area contributed by atoms with Crippen LogP contribution in [0.5, 0.6) is 0 Å². The van der Waals surface area contributed by atoms with Crippen molar-refractivity contribution < 1.29 is 8.42 Å². The van der Waals surface area contributed by atoms with E-state index in [2.05, 4.69) is 28.9 Å². The Kier molecular flexibility index (Phi) is 7.72. The molecule has 0 bridgehead atoms. The summed E-state index contributed by atoms with van der Waals surface area (Å²) in [6, 6.07) is 6.09. The lowest BCUT2D eigenvalue weighted by atomic mass is 10.3. The summed E-state index contributed by atoms with van der Waals surface area (Å²) in [7, 11) is -3.16. The summed E-state index contributed by atoms with van der Waals surface area (Å²) in [6.45, 7) is 5.43. The summed E-state index contributed by atoms with van der Waals surface area (Å²) in [6.07, 6.45) is 3.89. The first kappa shape index (κ1) is 17.1. The third-order valence-electron chi connectivity index (χ3n) is 2.82. The Morgan fingerprint density at radius 2 is 2.00 bits per heavy atom. The van der Waals surface area contributed by atoms with E-state index >= 15 is 0 Å². The standard InChI is InChI=1S/C14H25N3O2S/c1-13(2)15-9-5-6-12-20(18,19)17-11-8-14-7-3-4-10-16-14/h3-4,7,10,13,15,17H,5-6,8-9,11-12H2,1-2H3. The summed E-state index contributed by atoms with van der Waals surface area (Å²) >= 11 is 0. The second-order valence-corrected chi connectivity index (χ2v) is 7.03. The summed E-state index contributed by atoms with van der Waals surface area (Å²) in [4.78, 5) is 4.16. The number of rotatable bonds is 10. The Balaban J connectivity index is 2.15. The average molecular weight is 299 g/mol. The van der Waals surface area contributed by atoms with Crippen LogP contribution in [0.2, 0.25) is 0 Å². The van der Waals surface area contributed by atoms with E-state index < -0.39 is 10.0 Å². The van der Waals surface area contributed by atoms with Crippen LogP contribution in [-0.4, -0.2) is 38.3 Å². The van der Waals surface area contributed by atoms with Gasteiger partial charge in [-0.25, -0.2) is 13.1 Å². The largest absolute Gasteiger partial charge is 0.315 e. The minimum atomic E-state index is -3.16. The first-order valence-electron chi connectivity index (χ1n) is 7.10. The van der Waals surface area contributed by atoms with Gasteiger partial charge in [0.25, 0.3) is 0 Å². The van der Waals surface area contributed by atoms with Crippen molar-refractivity contribution in [3.8, 4) is 0 Å². The molecule has 1 rings (SSSR count). The molecule has 0 amide bonds. The number of nitrogens with zero attached hydrogens (tertiary/aromatic N) is 1. The molecule has 0 aliphatic heterocycles. The highest BCUT2D eigenvalue weighted by molar-refractivity contribution is 7.89. The number of sulfonamides is 1. The highest BCUT2D eigenvalue weighted by Crippen LogP contribution is 1.97. The van der Waals surface area contributed by atoms with Crippen molar-refractivity contribution in [1.82, 2.24) is 15.0 Å². The lowest BCUT2D eigenvalue weighted by molar-refractivity contribution is 0.555. The van der Waals surface area contributed by atoms with E-state index in [1.54, 1.807) is 6.20 Å². The number of unbranched alkanes of at least 4 members (excludes halogenated alkanes) is 1. The highest BCUT2D eigenvalue weighted by Gasteiger charge is 2.09. The minimum Gasteiger partial charge on any atom is -0.315 e. The lowest BCUT2D eigenvalue weighted by Gasteiger charge is -2.08. The van der Waals surface area contributed by atoms with Crippen LogP contribution < -0.4 is 10.0 Å². The molecule has 1 aromatic rings. The van der Waals surface area contributed by atoms with Crippen LogP contribution in [0.25, 0.3) is 0 Å². The summed E-state index contributed by atoms with van der Waals surface area (Å²) in [5.74, 6) is 0.189. The van der Waals surface area contributed by atoms with Gasteiger partial charge in [0.1, 0.15) is 0 Å². The molecule has 0 saturated heterocycles. The van der Waals surface area contributed by atoms with Gasteiger partial charge in [-0.05, 0) is 31.5 Å². The topological polar surface area (TPSA) is 71.1 Å². The van der Waals surface area contributed by atoms with Gasteiger partial charge < -0.3 is 5.32 Å². The van der Waals surface area contributed by atoms with E-state index in [4.69, 9.17) is 0 Å². The fraction of sp³-hybridized carbons (Fsp3) is 0.643. The molecule has 5 nitrogen and oxygen atoms in total. The monoisotopic (exact) mass is 299 g/mol. The van der Waals surface area contributed by atoms with Gasteiger partial charge in [0.05, 0.1) is 5.75 Å². The number of aromatic nitrogens is 1. The van der Waals surface area contributed by atoms with Crippen LogP contribution in [0, 0.1) is 0 Å². The number of hydrogen-bond donors (Lipinski definition) is 2. The summed E-state index contributed by atoms with van der Waals surface area (Å²) < 4.78 is 26.2. The molecule has 20 heavy (non-hydrogen) atoms. The Hall–Kier alpha value is -0.980. The number of hydrogen-bond acceptors (Lipinski definition) is 4. The lowest BCUT2D eigenvalue weighted by Crippen LogP contribution is -2.29. The molecule has 0 spiro atoms. The Morgan fingerprint density at radius 1 is 1.20 bits per heavy atom. The fourth-order valence-electron chi connectivity index (χ4n) is 1.76. The van der Waals surface area contributed by atoms with Crippen LogP contribution in [-0.2, 0) is 16.4 Å². The van der Waals surface area contributed by atoms with E-state index in [1.165, 1.54) is 0 Å². The van der Waals surface area contributed by atoms with Gasteiger partial charge in [0, 0.05) is 30.9 Å². The molecule has 1 aromatic heterocycles. The maximum atomic E-state index is 11.8. The van der Waals surface area contributed by atoms with Crippen molar-refractivity contribution in [2.45, 2.75) is 39.2 Å². The third-order valence-corrected chi connectivity index (χ3v) is 4.29. The third kappa shape index (κ3) is 8.24. The van der Waals surface area contributed by atoms with E-state index in [0.29, 0.717) is 25.4 Å². The zero-order valence-electron chi connectivity index (χ0n) is 12.3. The van der Waals surface area contributed by atoms with Crippen LogP contribution in [0.1, 0.15) is 32.4 Å². The van der Waals surface area contributed by atoms with Crippen molar-refractivity contribution in [3.05, 3.63) is 30.1 Å². The van der Waals surface area contributed by atoms with E-state index in [1.807, 2.05) is 18.2 Å². The normalized spacial score (nSPS) is 11.9. The molecular weight excluding hydrogens is 274 g/mol. The first-order chi connectivity index (χ1) is 9.49. The molecule has 0 aromatic carbocycles. The number of pyridine rings is 1. The molecule has 0 saturated carbocycles. The molecular formula is C14H25N3O2S. The van der Waals surface area contributed by atoms with Gasteiger partial charge in [-0.2, -0.15) is 0 Å². The molecule has 114 valence electrons. The van der Waals surface area contributed by atoms with E-state index in [-0.39, 0.29) is 5.75 Å². The molecule has 0 aliphatic rings. The Labute approximate surface area is 122 Å². The molecule has 6 heteroatoms. The second kappa shape index (κ2) is 9.05.